The van der Waals surface area contributed by atoms with Crippen molar-refractivity contribution in [3.8, 4) is 0 Å². The van der Waals surface area contributed by atoms with Crippen LogP contribution < -0.4 is 16.6 Å². The summed E-state index contributed by atoms with van der Waals surface area (Å²) < 4.78 is 4.49. The molecule has 0 unspecified atom stereocenters. The summed E-state index contributed by atoms with van der Waals surface area (Å²) in [5, 5.41) is 8.17. The Balaban J connectivity index is 1.66. The minimum Gasteiger partial charge on any atom is -0.349 e. The molecule has 2 aromatic heterocycles. The second kappa shape index (κ2) is 10.00. The van der Waals surface area contributed by atoms with Gasteiger partial charge in [0.2, 0.25) is 5.78 Å². The Morgan fingerprint density at radius 2 is 1.81 bits per heavy atom. The molecule has 2 aromatic carbocycles. The Morgan fingerprint density at radius 1 is 1.05 bits per heavy atom. The molecule has 1 amide bonds. The van der Waals surface area contributed by atoms with Crippen molar-refractivity contribution >= 4 is 22.6 Å². The molecule has 0 saturated heterocycles. The minimum atomic E-state index is -0.330. The molecule has 0 spiro atoms. The molecular formula is C29H35N5O3. The molecular weight excluding hydrogens is 466 g/mol. The Labute approximate surface area is 215 Å². The van der Waals surface area contributed by atoms with Crippen LogP contribution in [0.2, 0.25) is 0 Å². The van der Waals surface area contributed by atoms with Crippen molar-refractivity contribution in [2.24, 2.45) is 5.92 Å². The van der Waals surface area contributed by atoms with E-state index >= 15 is 0 Å². The fourth-order valence-electron chi connectivity index (χ4n) is 5.34. The molecule has 1 aliphatic carbocycles. The number of aromatic nitrogens is 4. The highest BCUT2D eigenvalue weighted by Gasteiger charge is 2.21. The van der Waals surface area contributed by atoms with E-state index in [1.165, 1.54) is 15.5 Å². The number of rotatable bonds is 6. The van der Waals surface area contributed by atoms with Crippen molar-refractivity contribution in [3.63, 3.8) is 0 Å². The van der Waals surface area contributed by atoms with E-state index in [1.54, 1.807) is 22.8 Å². The van der Waals surface area contributed by atoms with Crippen LogP contribution in [0.5, 0.6) is 0 Å². The van der Waals surface area contributed by atoms with E-state index in [2.05, 4.69) is 16.5 Å². The third-order valence-electron chi connectivity index (χ3n) is 7.35. The van der Waals surface area contributed by atoms with Crippen molar-refractivity contribution in [2.75, 3.05) is 0 Å². The number of amides is 1. The lowest BCUT2D eigenvalue weighted by Crippen LogP contribution is -2.36. The monoisotopic (exact) mass is 501 g/mol. The SMILES string of the molecule is Cc1ccc(C)c(Cn2nc3n(CC(C)C)c(=O)c4ccc(C(=O)NC5CCCCC5)cc4n3c2=O)c1. The molecule has 0 radical (unpaired) electrons. The van der Waals surface area contributed by atoms with Crippen LogP contribution in [0.25, 0.3) is 16.7 Å². The van der Waals surface area contributed by atoms with Gasteiger partial charge in [-0.25, -0.2) is 13.9 Å². The number of hydrogen-bond acceptors (Lipinski definition) is 4. The summed E-state index contributed by atoms with van der Waals surface area (Å²) in [7, 11) is 0. The molecule has 194 valence electrons. The molecule has 0 aliphatic heterocycles. The lowest BCUT2D eigenvalue weighted by Gasteiger charge is -2.22. The van der Waals surface area contributed by atoms with Gasteiger partial charge in [0.1, 0.15) is 0 Å². The van der Waals surface area contributed by atoms with Gasteiger partial charge in [0, 0.05) is 18.2 Å². The topological polar surface area (TPSA) is 90.4 Å². The van der Waals surface area contributed by atoms with Crippen LogP contribution in [-0.2, 0) is 13.1 Å². The van der Waals surface area contributed by atoms with Crippen LogP contribution in [0.1, 0.15) is 73.0 Å². The zero-order valence-corrected chi connectivity index (χ0v) is 22.1. The first-order valence-electron chi connectivity index (χ1n) is 13.3. The van der Waals surface area contributed by atoms with Crippen molar-refractivity contribution < 1.29 is 4.79 Å². The van der Waals surface area contributed by atoms with Crippen LogP contribution >= 0.6 is 0 Å². The molecule has 1 N–H and O–H groups in total. The Morgan fingerprint density at radius 3 is 2.54 bits per heavy atom. The van der Waals surface area contributed by atoms with Gasteiger partial charge in [-0.15, -0.1) is 5.10 Å². The third kappa shape index (κ3) is 4.84. The molecule has 4 aromatic rings. The highest BCUT2D eigenvalue weighted by atomic mass is 16.2. The van der Waals surface area contributed by atoms with Crippen LogP contribution in [-0.4, -0.2) is 30.7 Å². The summed E-state index contributed by atoms with van der Waals surface area (Å²) in [4.78, 5) is 40.4. The van der Waals surface area contributed by atoms with E-state index in [0.717, 1.165) is 42.4 Å². The Kier molecular flexibility index (Phi) is 6.75. The van der Waals surface area contributed by atoms with Gasteiger partial charge in [-0.3, -0.25) is 14.2 Å². The first-order chi connectivity index (χ1) is 17.7. The first-order valence-corrected chi connectivity index (χ1v) is 13.3. The molecule has 1 fully saturated rings. The largest absolute Gasteiger partial charge is 0.352 e. The molecule has 8 heteroatoms. The fourth-order valence-corrected chi connectivity index (χ4v) is 5.34. The molecule has 8 nitrogen and oxygen atoms in total. The smallest absolute Gasteiger partial charge is 0.349 e. The maximum Gasteiger partial charge on any atom is 0.352 e. The lowest BCUT2D eigenvalue weighted by atomic mass is 9.95. The van der Waals surface area contributed by atoms with Gasteiger partial charge in [-0.1, -0.05) is 56.9 Å². The molecule has 5 rings (SSSR count). The zero-order valence-electron chi connectivity index (χ0n) is 22.1. The first kappa shape index (κ1) is 25.0. The van der Waals surface area contributed by atoms with E-state index in [1.807, 2.05) is 39.8 Å². The highest BCUT2D eigenvalue weighted by molar-refractivity contribution is 5.98. The van der Waals surface area contributed by atoms with Crippen LogP contribution in [0.3, 0.4) is 0 Å². The average molecular weight is 502 g/mol. The van der Waals surface area contributed by atoms with Gasteiger partial charge in [-0.2, -0.15) is 0 Å². The van der Waals surface area contributed by atoms with Crippen molar-refractivity contribution in [2.45, 2.75) is 78.9 Å². The van der Waals surface area contributed by atoms with Gasteiger partial charge in [-0.05, 0) is 61.9 Å². The van der Waals surface area contributed by atoms with Crippen LogP contribution in [0, 0.1) is 19.8 Å². The number of carbonyl (C=O) groups excluding carboxylic acids is 1. The van der Waals surface area contributed by atoms with Gasteiger partial charge in [0.15, 0.2) is 0 Å². The Bertz CT molecular complexity index is 1600. The Hall–Kier alpha value is -3.68. The van der Waals surface area contributed by atoms with E-state index in [4.69, 9.17) is 0 Å². The van der Waals surface area contributed by atoms with Gasteiger partial charge >= 0.3 is 5.69 Å². The molecule has 2 heterocycles. The van der Waals surface area contributed by atoms with Crippen LogP contribution in [0.15, 0.2) is 46.0 Å². The molecule has 37 heavy (non-hydrogen) atoms. The van der Waals surface area contributed by atoms with Gasteiger partial charge in [0.25, 0.3) is 11.5 Å². The summed E-state index contributed by atoms with van der Waals surface area (Å²) >= 11 is 0. The van der Waals surface area contributed by atoms with E-state index in [9.17, 15) is 14.4 Å². The van der Waals surface area contributed by atoms with Gasteiger partial charge < -0.3 is 5.32 Å². The van der Waals surface area contributed by atoms with Crippen LogP contribution in [0.4, 0.5) is 0 Å². The van der Waals surface area contributed by atoms with Crippen molar-refractivity contribution in [3.05, 3.63) is 79.5 Å². The van der Waals surface area contributed by atoms with E-state index < -0.39 is 0 Å². The number of carbonyl (C=O) groups is 1. The molecule has 1 saturated carbocycles. The summed E-state index contributed by atoms with van der Waals surface area (Å²) in [5.74, 6) is 0.300. The molecule has 1 aliphatic rings. The number of nitrogens with zero attached hydrogens (tertiary/aromatic N) is 4. The summed E-state index contributed by atoms with van der Waals surface area (Å²) in [6.07, 6.45) is 5.40. The number of benzene rings is 2. The number of hydrogen-bond donors (Lipinski definition) is 1. The zero-order chi connectivity index (χ0) is 26.3. The second-order valence-corrected chi connectivity index (χ2v) is 10.9. The minimum absolute atomic E-state index is 0.166. The third-order valence-corrected chi connectivity index (χ3v) is 7.35. The predicted octanol–water partition coefficient (Wildman–Crippen LogP) is 4.19. The molecule has 0 atom stereocenters. The van der Waals surface area contributed by atoms with E-state index in [-0.39, 0.29) is 29.1 Å². The fraction of sp³-hybridized carbons (Fsp3) is 0.448. The van der Waals surface area contributed by atoms with Gasteiger partial charge in [0.05, 0.1) is 17.4 Å². The lowest BCUT2D eigenvalue weighted by molar-refractivity contribution is 0.0928. The standard InChI is InChI=1S/C29H35N5O3/c1-18(2)16-32-27(36)24-13-12-21(26(35)30-23-8-6-5-7-9-23)15-25(24)34-28(32)31-33(29(34)37)17-22-14-19(3)10-11-20(22)4/h10-15,18,23H,5-9,16-17H2,1-4H3,(H,30,35). The highest BCUT2D eigenvalue weighted by Crippen LogP contribution is 2.20. The molecule has 0 bridgehead atoms. The summed E-state index contributed by atoms with van der Waals surface area (Å²) in [6, 6.07) is 11.3. The average Bonchev–Trinajstić information content (AvgIpc) is 3.20. The summed E-state index contributed by atoms with van der Waals surface area (Å²) in [6.45, 7) is 8.81. The summed E-state index contributed by atoms with van der Waals surface area (Å²) in [5.41, 5.74) is 3.49. The predicted molar refractivity (Wildman–Crippen MR) is 145 cm³/mol. The maximum absolute atomic E-state index is 13.7. The van der Waals surface area contributed by atoms with Crippen molar-refractivity contribution in [1.29, 1.82) is 0 Å². The van der Waals surface area contributed by atoms with E-state index in [0.29, 0.717) is 35.3 Å². The number of aryl methyl sites for hydroxylation is 2. The second-order valence-electron chi connectivity index (χ2n) is 10.9. The quantitative estimate of drug-likeness (QED) is 0.429. The number of nitrogens with one attached hydrogen (secondary N) is 1. The van der Waals surface area contributed by atoms with Crippen molar-refractivity contribution in [1.82, 2.24) is 24.1 Å². The maximum atomic E-state index is 13.7. The number of fused-ring (bicyclic) bond motifs is 3. The normalized spacial score (nSPS) is 14.6.